The van der Waals surface area contributed by atoms with Gasteiger partial charge in [0, 0.05) is 26.6 Å². The molecule has 0 unspecified atom stereocenters. The van der Waals surface area contributed by atoms with Crippen molar-refractivity contribution >= 4 is 35.1 Å². The van der Waals surface area contributed by atoms with Gasteiger partial charge in [0.2, 0.25) is 5.91 Å². The van der Waals surface area contributed by atoms with E-state index in [2.05, 4.69) is 19.0 Å². The number of hydrogen-bond acceptors (Lipinski definition) is 5. The Hall–Kier alpha value is -0.880. The number of anilines is 1. The molecule has 1 amide bonds. The molecule has 0 aromatic carbocycles. The zero-order valence-corrected chi connectivity index (χ0v) is 11.2. The third-order valence-corrected chi connectivity index (χ3v) is 3.86. The van der Waals surface area contributed by atoms with Crippen molar-refractivity contribution in [1.29, 1.82) is 0 Å². The van der Waals surface area contributed by atoms with E-state index >= 15 is 0 Å². The number of hydrogen-bond donors (Lipinski definition) is 1. The summed E-state index contributed by atoms with van der Waals surface area (Å²) < 4.78 is 8.16. The largest absolute Gasteiger partial charge is 0.356 e. The zero-order valence-electron chi connectivity index (χ0n) is 9.65. The lowest BCUT2D eigenvalue weighted by molar-refractivity contribution is -0.119. The normalized spacial score (nSPS) is 17.2. The van der Waals surface area contributed by atoms with Crippen LogP contribution < -0.4 is 10.2 Å². The van der Waals surface area contributed by atoms with Crippen molar-refractivity contribution < 1.29 is 4.79 Å². The molecule has 0 radical (unpaired) electrons. The van der Waals surface area contributed by atoms with Gasteiger partial charge in [0.25, 0.3) is 0 Å². The van der Waals surface area contributed by atoms with Crippen LogP contribution in [0.25, 0.3) is 0 Å². The van der Waals surface area contributed by atoms with Gasteiger partial charge in [0.05, 0.1) is 11.7 Å². The van der Waals surface area contributed by atoms with E-state index in [4.69, 9.17) is 11.6 Å². The summed E-state index contributed by atoms with van der Waals surface area (Å²) in [6.45, 7) is 4.17. The minimum absolute atomic E-state index is 0.0409. The molecule has 1 aliphatic heterocycles. The fourth-order valence-corrected chi connectivity index (χ4v) is 2.78. The van der Waals surface area contributed by atoms with Gasteiger partial charge in [-0.1, -0.05) is 11.6 Å². The summed E-state index contributed by atoms with van der Waals surface area (Å²) in [5.74, 6) is 1.40. The van der Waals surface area contributed by atoms with E-state index in [1.807, 2.05) is 0 Å². The molecule has 2 rings (SSSR count). The van der Waals surface area contributed by atoms with E-state index in [1.165, 1.54) is 0 Å². The predicted molar refractivity (Wildman–Crippen MR) is 68.5 cm³/mol. The number of nitrogens with one attached hydrogen (secondary N) is 1. The van der Waals surface area contributed by atoms with Crippen LogP contribution in [0.3, 0.4) is 0 Å². The van der Waals surface area contributed by atoms with Crippen molar-refractivity contribution in [2.45, 2.75) is 19.8 Å². The molecule has 5 nitrogen and oxygen atoms in total. The average molecular weight is 275 g/mol. The number of amides is 1. The Balaban J connectivity index is 1.82. The van der Waals surface area contributed by atoms with E-state index in [0.717, 1.165) is 50.0 Å². The third kappa shape index (κ3) is 3.29. The molecular weight excluding hydrogens is 260 g/mol. The number of halogens is 1. The highest BCUT2D eigenvalue weighted by atomic mass is 35.5. The van der Waals surface area contributed by atoms with Gasteiger partial charge in [0.1, 0.15) is 0 Å². The zero-order chi connectivity index (χ0) is 12.3. The average Bonchev–Trinajstić information content (AvgIpc) is 2.73. The third-order valence-electron chi connectivity index (χ3n) is 2.99. The van der Waals surface area contributed by atoms with Crippen molar-refractivity contribution in [1.82, 2.24) is 14.1 Å². The molecule has 1 fully saturated rings. The van der Waals surface area contributed by atoms with Crippen LogP contribution in [-0.2, 0) is 4.79 Å². The summed E-state index contributed by atoms with van der Waals surface area (Å²) in [5.41, 5.74) is 0. The van der Waals surface area contributed by atoms with Crippen LogP contribution in [0.15, 0.2) is 0 Å². The number of nitrogens with zero attached hydrogens (tertiary/aromatic N) is 3. The molecule has 1 saturated heterocycles. The first-order valence-electron chi connectivity index (χ1n) is 5.64. The maximum atomic E-state index is 10.8. The molecule has 2 heterocycles. The highest BCUT2D eigenvalue weighted by Crippen LogP contribution is 2.27. The van der Waals surface area contributed by atoms with Crippen LogP contribution in [0.2, 0.25) is 5.15 Å². The van der Waals surface area contributed by atoms with Crippen LogP contribution in [0, 0.1) is 5.92 Å². The maximum absolute atomic E-state index is 10.8. The SMILES string of the molecule is CC(=O)NCC1CCN(c2nsnc2Cl)CC1. The van der Waals surface area contributed by atoms with Gasteiger partial charge in [-0.15, -0.1) is 0 Å². The summed E-state index contributed by atoms with van der Waals surface area (Å²) in [4.78, 5) is 13.0. The van der Waals surface area contributed by atoms with Crippen molar-refractivity contribution in [3.8, 4) is 0 Å². The van der Waals surface area contributed by atoms with Gasteiger partial charge >= 0.3 is 0 Å². The number of aromatic nitrogens is 2. The van der Waals surface area contributed by atoms with Crippen LogP contribution in [-0.4, -0.2) is 34.3 Å². The lowest BCUT2D eigenvalue weighted by atomic mass is 9.97. The number of carbonyl (C=O) groups excluding carboxylic acids is 1. The molecule has 0 bridgehead atoms. The second-order valence-corrected chi connectivity index (χ2v) is 5.13. The fraction of sp³-hybridized carbons (Fsp3) is 0.700. The van der Waals surface area contributed by atoms with Gasteiger partial charge in [-0.2, -0.15) is 8.75 Å². The van der Waals surface area contributed by atoms with Crippen LogP contribution >= 0.6 is 23.3 Å². The first kappa shape index (κ1) is 12.6. The van der Waals surface area contributed by atoms with Crippen molar-refractivity contribution in [3.05, 3.63) is 5.15 Å². The molecule has 7 heteroatoms. The Bertz CT molecular complexity index is 389. The monoisotopic (exact) mass is 274 g/mol. The van der Waals surface area contributed by atoms with Gasteiger partial charge in [0.15, 0.2) is 11.0 Å². The second kappa shape index (κ2) is 5.64. The van der Waals surface area contributed by atoms with Crippen LogP contribution in [0.4, 0.5) is 5.82 Å². The minimum Gasteiger partial charge on any atom is -0.356 e. The van der Waals surface area contributed by atoms with Gasteiger partial charge in [-0.05, 0) is 18.8 Å². The summed E-state index contributed by atoms with van der Waals surface area (Å²) in [6, 6.07) is 0. The summed E-state index contributed by atoms with van der Waals surface area (Å²) in [7, 11) is 0. The molecule has 17 heavy (non-hydrogen) atoms. The Morgan fingerprint density at radius 2 is 2.24 bits per heavy atom. The first-order valence-corrected chi connectivity index (χ1v) is 6.75. The quantitative estimate of drug-likeness (QED) is 0.908. The van der Waals surface area contributed by atoms with Crippen LogP contribution in [0.5, 0.6) is 0 Å². The summed E-state index contributed by atoms with van der Waals surface area (Å²) in [6.07, 6.45) is 2.10. The standard InChI is InChI=1S/C10H15ClN4OS/c1-7(16)12-6-8-2-4-15(5-3-8)10-9(11)13-17-14-10/h8H,2-6H2,1H3,(H,12,16). The molecule has 0 atom stereocenters. The highest BCUT2D eigenvalue weighted by Gasteiger charge is 2.22. The number of carbonyl (C=O) groups is 1. The molecule has 0 aliphatic carbocycles. The second-order valence-electron chi connectivity index (χ2n) is 4.25. The molecular formula is C10H15ClN4OS. The Morgan fingerprint density at radius 1 is 1.53 bits per heavy atom. The topological polar surface area (TPSA) is 58.1 Å². The molecule has 1 aliphatic rings. The van der Waals surface area contributed by atoms with E-state index in [0.29, 0.717) is 11.1 Å². The van der Waals surface area contributed by atoms with E-state index in [1.54, 1.807) is 6.92 Å². The highest BCUT2D eigenvalue weighted by molar-refractivity contribution is 6.99. The maximum Gasteiger partial charge on any atom is 0.216 e. The number of rotatable bonds is 3. The van der Waals surface area contributed by atoms with Gasteiger partial charge in [-0.25, -0.2) is 0 Å². The predicted octanol–water partition coefficient (Wildman–Crippen LogP) is 1.54. The van der Waals surface area contributed by atoms with Crippen LogP contribution in [0.1, 0.15) is 19.8 Å². The summed E-state index contributed by atoms with van der Waals surface area (Å²) in [5, 5.41) is 3.36. The van der Waals surface area contributed by atoms with E-state index in [-0.39, 0.29) is 5.91 Å². The van der Waals surface area contributed by atoms with E-state index < -0.39 is 0 Å². The van der Waals surface area contributed by atoms with Crippen molar-refractivity contribution in [2.24, 2.45) is 5.92 Å². The Labute approximate surface area is 109 Å². The summed E-state index contributed by atoms with van der Waals surface area (Å²) >= 11 is 7.09. The smallest absolute Gasteiger partial charge is 0.216 e. The first-order chi connectivity index (χ1) is 8.16. The van der Waals surface area contributed by atoms with Gasteiger partial charge < -0.3 is 10.2 Å². The van der Waals surface area contributed by atoms with Crippen molar-refractivity contribution in [2.75, 3.05) is 24.5 Å². The van der Waals surface area contributed by atoms with E-state index in [9.17, 15) is 4.79 Å². The molecule has 1 N–H and O–H groups in total. The lowest BCUT2D eigenvalue weighted by Gasteiger charge is -2.31. The minimum atomic E-state index is 0.0409. The van der Waals surface area contributed by atoms with Gasteiger partial charge in [-0.3, -0.25) is 4.79 Å². The molecule has 1 aromatic heterocycles. The van der Waals surface area contributed by atoms with Crippen molar-refractivity contribution in [3.63, 3.8) is 0 Å². The Morgan fingerprint density at radius 3 is 2.76 bits per heavy atom. The Kier molecular flexibility index (Phi) is 4.17. The lowest BCUT2D eigenvalue weighted by Crippen LogP contribution is -2.38. The molecule has 94 valence electrons. The molecule has 1 aromatic rings. The number of piperidine rings is 1. The molecule has 0 saturated carbocycles. The fourth-order valence-electron chi connectivity index (χ4n) is 2.00. The molecule has 0 spiro atoms.